The van der Waals surface area contributed by atoms with Crippen molar-refractivity contribution in [3.63, 3.8) is 0 Å². The number of ether oxygens (including phenoxy) is 1. The van der Waals surface area contributed by atoms with Crippen LogP contribution in [0.3, 0.4) is 0 Å². The monoisotopic (exact) mass is 329 g/mol. The van der Waals surface area contributed by atoms with Crippen molar-refractivity contribution in [3.05, 3.63) is 44.8 Å². The molecule has 6 heteroatoms. The Morgan fingerprint density at radius 2 is 2.17 bits per heavy atom. The number of hydrogen-bond donors (Lipinski definition) is 1. The van der Waals surface area contributed by atoms with Gasteiger partial charge < -0.3 is 10.1 Å². The summed E-state index contributed by atoms with van der Waals surface area (Å²) in [6, 6.07) is 7.46. The van der Waals surface area contributed by atoms with Crippen molar-refractivity contribution in [1.29, 1.82) is 0 Å². The maximum Gasteiger partial charge on any atom is 0.265 e. The number of halogens is 2. The Bertz CT molecular complexity index is 585. The minimum absolute atomic E-state index is 0.254. The molecular formula is C12H9BrFNO2S. The molecule has 2 rings (SSSR count). The molecule has 0 spiro atoms. The van der Waals surface area contributed by atoms with Crippen LogP contribution in [0.4, 0.5) is 10.1 Å². The molecule has 94 valence electrons. The summed E-state index contributed by atoms with van der Waals surface area (Å²) in [4.78, 5) is 12.5. The van der Waals surface area contributed by atoms with E-state index in [9.17, 15) is 9.18 Å². The lowest BCUT2D eigenvalue weighted by Gasteiger charge is -2.09. The number of methoxy groups -OCH3 is 1. The van der Waals surface area contributed by atoms with Gasteiger partial charge in [0.1, 0.15) is 11.6 Å². The zero-order chi connectivity index (χ0) is 13.1. The molecule has 1 heterocycles. The summed E-state index contributed by atoms with van der Waals surface area (Å²) in [5.74, 6) is -0.377. The zero-order valence-electron chi connectivity index (χ0n) is 9.37. The fourth-order valence-corrected chi connectivity index (χ4v) is 2.67. The Hall–Kier alpha value is -1.40. The molecule has 0 radical (unpaired) electrons. The summed E-state index contributed by atoms with van der Waals surface area (Å²) in [6.45, 7) is 0. The van der Waals surface area contributed by atoms with Crippen LogP contribution in [-0.4, -0.2) is 13.0 Å². The van der Waals surface area contributed by atoms with Gasteiger partial charge in [0.25, 0.3) is 5.91 Å². The number of carbonyl (C=O) groups is 1. The van der Waals surface area contributed by atoms with Crippen LogP contribution in [0.1, 0.15) is 9.67 Å². The van der Waals surface area contributed by atoms with Gasteiger partial charge in [-0.2, -0.15) is 0 Å². The number of amides is 1. The first-order valence-corrected chi connectivity index (χ1v) is 6.61. The van der Waals surface area contributed by atoms with Gasteiger partial charge in [-0.05, 0) is 40.2 Å². The summed E-state index contributed by atoms with van der Waals surface area (Å²) in [7, 11) is 1.42. The fraction of sp³-hybridized carbons (Fsp3) is 0.0833. The first-order valence-electron chi connectivity index (χ1n) is 5.00. The second-order valence-corrected chi connectivity index (χ2v) is 5.87. The van der Waals surface area contributed by atoms with Crippen molar-refractivity contribution >= 4 is 38.9 Å². The summed E-state index contributed by atoms with van der Waals surface area (Å²) in [5.41, 5.74) is 0.438. The number of hydrogen-bond acceptors (Lipinski definition) is 3. The van der Waals surface area contributed by atoms with Crippen LogP contribution in [0, 0.1) is 5.82 Å². The zero-order valence-corrected chi connectivity index (χ0v) is 11.8. The van der Waals surface area contributed by atoms with Crippen molar-refractivity contribution in [1.82, 2.24) is 0 Å². The molecule has 1 N–H and O–H groups in total. The molecular weight excluding hydrogens is 321 g/mol. The molecule has 0 atom stereocenters. The molecule has 0 unspecified atom stereocenters. The summed E-state index contributed by atoms with van der Waals surface area (Å²) >= 11 is 4.61. The Kier molecular flexibility index (Phi) is 3.98. The molecule has 3 nitrogen and oxygen atoms in total. The Labute approximate surface area is 116 Å². The number of benzene rings is 1. The van der Waals surface area contributed by atoms with Crippen molar-refractivity contribution < 1.29 is 13.9 Å². The van der Waals surface area contributed by atoms with Crippen molar-refractivity contribution in [2.45, 2.75) is 0 Å². The predicted octanol–water partition coefficient (Wildman–Crippen LogP) is 3.91. The van der Waals surface area contributed by atoms with Crippen LogP contribution >= 0.6 is 27.3 Å². The van der Waals surface area contributed by atoms with Crippen LogP contribution < -0.4 is 10.1 Å². The standard InChI is InChI=1S/C12H9BrFNO2S/c1-17-9-6-7(14)2-3-8(9)15-12(16)10-4-5-11(13)18-10/h2-6H,1H3,(H,15,16). The van der Waals surface area contributed by atoms with Gasteiger partial charge in [-0.3, -0.25) is 4.79 Å². The van der Waals surface area contributed by atoms with Crippen LogP contribution in [0.25, 0.3) is 0 Å². The highest BCUT2D eigenvalue weighted by molar-refractivity contribution is 9.11. The van der Waals surface area contributed by atoms with Gasteiger partial charge in [-0.25, -0.2) is 4.39 Å². The van der Waals surface area contributed by atoms with Crippen molar-refractivity contribution in [2.24, 2.45) is 0 Å². The van der Waals surface area contributed by atoms with Crippen LogP contribution in [0.15, 0.2) is 34.1 Å². The molecule has 1 aromatic heterocycles. The van der Waals surface area contributed by atoms with Gasteiger partial charge in [-0.1, -0.05) is 0 Å². The molecule has 1 aromatic carbocycles. The van der Waals surface area contributed by atoms with Crippen molar-refractivity contribution in [3.8, 4) is 5.75 Å². The molecule has 1 amide bonds. The second-order valence-electron chi connectivity index (χ2n) is 3.40. The highest BCUT2D eigenvalue weighted by Crippen LogP contribution is 2.27. The first kappa shape index (κ1) is 13.0. The number of thiophene rings is 1. The third kappa shape index (κ3) is 2.88. The van der Waals surface area contributed by atoms with E-state index in [1.54, 1.807) is 12.1 Å². The average Bonchev–Trinajstić information content (AvgIpc) is 2.78. The summed E-state index contributed by atoms with van der Waals surface area (Å²) in [6.07, 6.45) is 0. The van der Waals surface area contributed by atoms with Crippen molar-refractivity contribution in [2.75, 3.05) is 12.4 Å². The van der Waals surface area contributed by atoms with E-state index < -0.39 is 5.82 Å². The maximum absolute atomic E-state index is 13.0. The predicted molar refractivity (Wildman–Crippen MR) is 72.9 cm³/mol. The van der Waals surface area contributed by atoms with E-state index in [2.05, 4.69) is 21.2 Å². The molecule has 0 saturated heterocycles. The van der Waals surface area contributed by atoms with Gasteiger partial charge in [0.2, 0.25) is 0 Å². The Balaban J connectivity index is 2.21. The molecule has 18 heavy (non-hydrogen) atoms. The second kappa shape index (κ2) is 5.49. The largest absolute Gasteiger partial charge is 0.494 e. The maximum atomic E-state index is 13.0. The molecule has 0 bridgehead atoms. The lowest BCUT2D eigenvalue weighted by Crippen LogP contribution is -2.11. The topological polar surface area (TPSA) is 38.3 Å². The van der Waals surface area contributed by atoms with Gasteiger partial charge in [0.15, 0.2) is 0 Å². The lowest BCUT2D eigenvalue weighted by molar-refractivity contribution is 0.103. The fourth-order valence-electron chi connectivity index (χ4n) is 1.39. The van der Waals surface area contributed by atoms with Crippen LogP contribution in [0.2, 0.25) is 0 Å². The quantitative estimate of drug-likeness (QED) is 0.927. The first-order chi connectivity index (χ1) is 8.60. The van der Waals surface area contributed by atoms with E-state index in [-0.39, 0.29) is 5.91 Å². The van der Waals surface area contributed by atoms with Gasteiger partial charge >= 0.3 is 0 Å². The smallest absolute Gasteiger partial charge is 0.265 e. The van der Waals surface area contributed by atoms with E-state index in [0.29, 0.717) is 16.3 Å². The minimum atomic E-state index is -0.413. The molecule has 0 aliphatic carbocycles. The van der Waals surface area contributed by atoms with Crippen LogP contribution in [-0.2, 0) is 0 Å². The highest BCUT2D eigenvalue weighted by atomic mass is 79.9. The van der Waals surface area contributed by atoms with E-state index in [0.717, 1.165) is 3.79 Å². The van der Waals surface area contributed by atoms with E-state index in [4.69, 9.17) is 4.74 Å². The SMILES string of the molecule is COc1cc(F)ccc1NC(=O)c1ccc(Br)s1. The third-order valence-corrected chi connectivity index (χ3v) is 3.83. The minimum Gasteiger partial charge on any atom is -0.494 e. The number of anilines is 1. The average molecular weight is 330 g/mol. The van der Waals surface area contributed by atoms with E-state index >= 15 is 0 Å². The van der Waals surface area contributed by atoms with Gasteiger partial charge in [0.05, 0.1) is 21.5 Å². The Morgan fingerprint density at radius 1 is 1.39 bits per heavy atom. The highest BCUT2D eigenvalue weighted by Gasteiger charge is 2.12. The molecule has 2 aromatic rings. The molecule has 0 aliphatic heterocycles. The normalized spacial score (nSPS) is 10.2. The molecule has 0 fully saturated rings. The molecule has 0 saturated carbocycles. The third-order valence-electron chi connectivity index (χ3n) is 2.21. The van der Waals surface area contributed by atoms with E-state index in [1.807, 2.05) is 0 Å². The summed E-state index contributed by atoms with van der Waals surface area (Å²) < 4.78 is 18.9. The number of rotatable bonds is 3. The molecule has 0 aliphatic rings. The summed E-state index contributed by atoms with van der Waals surface area (Å²) in [5, 5.41) is 2.68. The van der Waals surface area contributed by atoms with Crippen LogP contribution in [0.5, 0.6) is 5.75 Å². The van der Waals surface area contributed by atoms with Gasteiger partial charge in [-0.15, -0.1) is 11.3 Å². The van der Waals surface area contributed by atoms with E-state index in [1.165, 1.54) is 36.6 Å². The Morgan fingerprint density at radius 3 is 2.78 bits per heavy atom. The number of nitrogens with one attached hydrogen (secondary N) is 1. The number of carbonyl (C=O) groups excluding carboxylic acids is 1. The lowest BCUT2D eigenvalue weighted by atomic mass is 10.2. The van der Waals surface area contributed by atoms with Gasteiger partial charge in [0, 0.05) is 6.07 Å².